The van der Waals surface area contributed by atoms with Gasteiger partial charge in [-0.15, -0.1) is 10.2 Å². The maximum atomic E-state index is 11.8. The summed E-state index contributed by atoms with van der Waals surface area (Å²) >= 11 is 0. The van der Waals surface area contributed by atoms with Crippen LogP contribution in [0.25, 0.3) is 0 Å². The van der Waals surface area contributed by atoms with E-state index >= 15 is 0 Å². The van der Waals surface area contributed by atoms with Gasteiger partial charge < -0.3 is 20.5 Å². The number of nitrogens with zero attached hydrogens (tertiary/aromatic N) is 3. The van der Waals surface area contributed by atoms with Gasteiger partial charge in [0.25, 0.3) is 5.91 Å². The number of hydrogen-bond acceptors (Lipinski definition) is 6. The van der Waals surface area contributed by atoms with Gasteiger partial charge >= 0.3 is 0 Å². The summed E-state index contributed by atoms with van der Waals surface area (Å²) in [4.78, 5) is 13.3. The van der Waals surface area contributed by atoms with Gasteiger partial charge in [-0.25, -0.2) is 0 Å². The number of aromatic nitrogens is 2. The van der Waals surface area contributed by atoms with Gasteiger partial charge in [0.1, 0.15) is 5.82 Å². The van der Waals surface area contributed by atoms with Crippen LogP contribution < -0.4 is 5.73 Å². The van der Waals surface area contributed by atoms with Crippen molar-refractivity contribution in [1.82, 2.24) is 15.1 Å². The molecule has 1 aromatic heterocycles. The molecule has 17 heavy (non-hydrogen) atoms. The van der Waals surface area contributed by atoms with Gasteiger partial charge in [0.05, 0.1) is 19.8 Å². The zero-order chi connectivity index (χ0) is 12.7. The van der Waals surface area contributed by atoms with Crippen LogP contribution in [0.2, 0.25) is 0 Å². The number of nitrogens with two attached hydrogens (primary N) is 1. The van der Waals surface area contributed by atoms with Crippen LogP contribution in [-0.4, -0.2) is 59.5 Å². The Kier molecular flexibility index (Phi) is 5.31. The highest BCUT2D eigenvalue weighted by Crippen LogP contribution is 2.01. The van der Waals surface area contributed by atoms with E-state index in [1.165, 1.54) is 17.0 Å². The van der Waals surface area contributed by atoms with E-state index in [0.717, 1.165) is 0 Å². The molecule has 1 heterocycles. The van der Waals surface area contributed by atoms with Gasteiger partial charge in [-0.2, -0.15) is 0 Å². The topological polar surface area (TPSA) is 102 Å². The third-order valence-electron chi connectivity index (χ3n) is 2.06. The Labute approximate surface area is 99.2 Å². The van der Waals surface area contributed by atoms with Crippen molar-refractivity contribution in [2.24, 2.45) is 0 Å². The fourth-order valence-electron chi connectivity index (χ4n) is 1.12. The third kappa shape index (κ3) is 4.33. The number of nitrogen functional groups attached to an aromatic ring is 1. The quantitative estimate of drug-likeness (QED) is 0.627. The summed E-state index contributed by atoms with van der Waals surface area (Å²) in [7, 11) is 1.64. The molecule has 0 atom stereocenters. The van der Waals surface area contributed by atoms with Crippen molar-refractivity contribution < 1.29 is 14.6 Å². The number of ether oxygens (including phenoxy) is 1. The molecule has 0 fully saturated rings. The minimum atomic E-state index is -0.245. The summed E-state index contributed by atoms with van der Waals surface area (Å²) < 4.78 is 5.06. The van der Waals surface area contributed by atoms with Crippen molar-refractivity contribution in [3.8, 4) is 0 Å². The Balaban J connectivity index is 2.43. The summed E-state index contributed by atoms with van der Waals surface area (Å²) in [5.74, 6) is 0.0283. The number of carbonyl (C=O) groups is 1. The Bertz CT molecular complexity index is 355. The van der Waals surface area contributed by atoms with Gasteiger partial charge in [-0.3, -0.25) is 4.79 Å². The highest BCUT2D eigenvalue weighted by atomic mass is 16.5. The Morgan fingerprint density at radius 3 is 2.82 bits per heavy atom. The molecule has 0 saturated heterocycles. The summed E-state index contributed by atoms with van der Waals surface area (Å²) in [6.45, 7) is 1.03. The first kappa shape index (κ1) is 13.3. The van der Waals surface area contributed by atoms with E-state index in [-0.39, 0.29) is 30.6 Å². The molecule has 1 rings (SSSR count). The summed E-state index contributed by atoms with van der Waals surface area (Å²) in [5, 5.41) is 15.8. The van der Waals surface area contributed by atoms with Crippen molar-refractivity contribution in [2.75, 3.05) is 39.1 Å². The number of aliphatic hydroxyl groups excluding tert-OH is 1. The lowest BCUT2D eigenvalue weighted by Gasteiger charge is -2.16. The van der Waals surface area contributed by atoms with E-state index in [1.54, 1.807) is 7.05 Å². The van der Waals surface area contributed by atoms with Crippen LogP contribution in [0.3, 0.4) is 0 Å². The predicted molar refractivity (Wildman–Crippen MR) is 61.3 cm³/mol. The Morgan fingerprint density at radius 2 is 2.24 bits per heavy atom. The molecular formula is C10H16N4O3. The maximum Gasteiger partial charge on any atom is 0.274 e. The Morgan fingerprint density at radius 1 is 1.47 bits per heavy atom. The lowest BCUT2D eigenvalue weighted by Crippen LogP contribution is -2.31. The molecule has 0 saturated carbocycles. The lowest BCUT2D eigenvalue weighted by molar-refractivity contribution is 0.0614. The van der Waals surface area contributed by atoms with E-state index in [4.69, 9.17) is 15.6 Å². The molecule has 1 amide bonds. The first-order valence-electron chi connectivity index (χ1n) is 5.18. The summed E-state index contributed by atoms with van der Waals surface area (Å²) in [6, 6.07) is 3.05. The second-order valence-corrected chi connectivity index (χ2v) is 3.41. The molecule has 1 aromatic rings. The van der Waals surface area contributed by atoms with Gasteiger partial charge in [-0.1, -0.05) is 0 Å². The number of anilines is 1. The number of rotatable bonds is 6. The number of hydrogen-bond donors (Lipinski definition) is 2. The van der Waals surface area contributed by atoms with Crippen LogP contribution in [0, 0.1) is 0 Å². The second-order valence-electron chi connectivity index (χ2n) is 3.41. The van der Waals surface area contributed by atoms with Crippen LogP contribution in [-0.2, 0) is 4.74 Å². The van der Waals surface area contributed by atoms with Gasteiger partial charge in [-0.05, 0) is 12.1 Å². The second kappa shape index (κ2) is 6.77. The number of likely N-dealkylation sites (N-methyl/N-ethyl adjacent to an activating group) is 1. The van der Waals surface area contributed by atoms with Crippen molar-refractivity contribution in [3.05, 3.63) is 17.8 Å². The highest BCUT2D eigenvalue weighted by molar-refractivity contribution is 5.92. The Hall–Kier alpha value is -1.73. The van der Waals surface area contributed by atoms with E-state index in [1.807, 2.05) is 0 Å². The monoisotopic (exact) mass is 240 g/mol. The molecule has 94 valence electrons. The smallest absolute Gasteiger partial charge is 0.274 e. The first-order chi connectivity index (χ1) is 8.15. The minimum Gasteiger partial charge on any atom is -0.394 e. The van der Waals surface area contributed by atoms with E-state index in [9.17, 15) is 4.79 Å². The number of amides is 1. The minimum absolute atomic E-state index is 0.0267. The molecule has 0 unspecified atom stereocenters. The molecule has 0 aliphatic heterocycles. The highest BCUT2D eigenvalue weighted by Gasteiger charge is 2.13. The molecule has 0 radical (unpaired) electrons. The average Bonchev–Trinajstić information content (AvgIpc) is 2.34. The van der Waals surface area contributed by atoms with Gasteiger partial charge in [0.15, 0.2) is 5.69 Å². The first-order valence-corrected chi connectivity index (χ1v) is 5.18. The molecule has 7 nitrogen and oxygen atoms in total. The van der Waals surface area contributed by atoms with Crippen LogP contribution in [0.5, 0.6) is 0 Å². The van der Waals surface area contributed by atoms with Gasteiger partial charge in [0.2, 0.25) is 0 Å². The molecule has 3 N–H and O–H groups in total. The largest absolute Gasteiger partial charge is 0.394 e. The van der Waals surface area contributed by atoms with E-state index in [0.29, 0.717) is 13.2 Å². The average molecular weight is 240 g/mol. The van der Waals surface area contributed by atoms with Crippen molar-refractivity contribution in [2.45, 2.75) is 0 Å². The normalized spacial score (nSPS) is 10.2. The SMILES string of the molecule is CN(CCOCCO)C(=O)c1ccc(N)nn1. The van der Waals surface area contributed by atoms with Crippen LogP contribution >= 0.6 is 0 Å². The molecule has 7 heteroatoms. The zero-order valence-corrected chi connectivity index (χ0v) is 9.67. The summed E-state index contributed by atoms with van der Waals surface area (Å²) in [5.41, 5.74) is 5.61. The number of aliphatic hydroxyl groups is 1. The molecular weight excluding hydrogens is 224 g/mol. The standard InChI is InChI=1S/C10H16N4O3/c1-14(4-6-17-7-5-15)10(16)8-2-3-9(11)13-12-8/h2-3,15H,4-7H2,1H3,(H2,11,13). The fourth-order valence-corrected chi connectivity index (χ4v) is 1.12. The molecule has 0 aliphatic rings. The van der Waals surface area contributed by atoms with E-state index in [2.05, 4.69) is 10.2 Å². The summed E-state index contributed by atoms with van der Waals surface area (Å²) in [6.07, 6.45) is 0. The zero-order valence-electron chi connectivity index (χ0n) is 9.67. The van der Waals surface area contributed by atoms with Crippen molar-refractivity contribution in [3.63, 3.8) is 0 Å². The van der Waals surface area contributed by atoms with Crippen LogP contribution in [0.15, 0.2) is 12.1 Å². The number of carbonyl (C=O) groups excluding carboxylic acids is 1. The van der Waals surface area contributed by atoms with Gasteiger partial charge in [0, 0.05) is 13.6 Å². The molecule has 0 spiro atoms. The van der Waals surface area contributed by atoms with Crippen molar-refractivity contribution >= 4 is 11.7 Å². The van der Waals surface area contributed by atoms with E-state index < -0.39 is 0 Å². The molecule has 0 bridgehead atoms. The molecule has 0 aromatic carbocycles. The predicted octanol–water partition coefficient (Wildman–Crippen LogP) is -0.860. The lowest BCUT2D eigenvalue weighted by atomic mass is 10.3. The van der Waals surface area contributed by atoms with Crippen LogP contribution in [0.4, 0.5) is 5.82 Å². The fraction of sp³-hybridized carbons (Fsp3) is 0.500. The van der Waals surface area contributed by atoms with Crippen molar-refractivity contribution in [1.29, 1.82) is 0 Å². The van der Waals surface area contributed by atoms with Crippen LogP contribution in [0.1, 0.15) is 10.5 Å². The third-order valence-corrected chi connectivity index (χ3v) is 2.06. The maximum absolute atomic E-state index is 11.8. The molecule has 0 aliphatic carbocycles.